The lowest BCUT2D eigenvalue weighted by molar-refractivity contribution is 0.0948. The first-order chi connectivity index (χ1) is 16.0. The number of anilines is 2. The SMILES string of the molecule is CCOc1cnn(-c2ccc(Cl)cc2)c(=O)c1Nc1cccc(C(=O)NCc2ccco2)c1. The Morgan fingerprint density at radius 1 is 1.15 bits per heavy atom. The van der Waals surface area contributed by atoms with Gasteiger partial charge in [-0.1, -0.05) is 17.7 Å². The number of benzene rings is 2. The highest BCUT2D eigenvalue weighted by atomic mass is 35.5. The van der Waals surface area contributed by atoms with Gasteiger partial charge in [0.25, 0.3) is 11.5 Å². The van der Waals surface area contributed by atoms with Gasteiger partial charge in [0, 0.05) is 16.3 Å². The van der Waals surface area contributed by atoms with Gasteiger partial charge in [-0.2, -0.15) is 9.78 Å². The number of hydrogen-bond acceptors (Lipinski definition) is 6. The van der Waals surface area contributed by atoms with E-state index in [1.807, 2.05) is 6.92 Å². The van der Waals surface area contributed by atoms with Crippen molar-refractivity contribution in [3.05, 3.63) is 99.8 Å². The van der Waals surface area contributed by atoms with Gasteiger partial charge in [-0.05, 0) is 61.5 Å². The predicted octanol–water partition coefficient (Wildman–Crippen LogP) is 4.55. The molecule has 4 rings (SSSR count). The number of amides is 1. The second-order valence-electron chi connectivity index (χ2n) is 6.98. The van der Waals surface area contributed by atoms with Crippen LogP contribution in [0, 0.1) is 0 Å². The van der Waals surface area contributed by atoms with Crippen molar-refractivity contribution in [2.24, 2.45) is 0 Å². The van der Waals surface area contributed by atoms with E-state index in [-0.39, 0.29) is 18.1 Å². The van der Waals surface area contributed by atoms with Crippen LogP contribution < -0.4 is 20.9 Å². The Kier molecular flexibility index (Phi) is 6.75. The zero-order valence-corrected chi connectivity index (χ0v) is 18.5. The number of aromatic nitrogens is 2. The second-order valence-corrected chi connectivity index (χ2v) is 7.41. The van der Waals surface area contributed by atoms with Crippen LogP contribution in [0.3, 0.4) is 0 Å². The topological polar surface area (TPSA) is 98.4 Å². The van der Waals surface area contributed by atoms with Crippen LogP contribution in [0.2, 0.25) is 5.02 Å². The molecular weight excluding hydrogens is 444 g/mol. The van der Waals surface area contributed by atoms with Crippen LogP contribution in [0.25, 0.3) is 5.69 Å². The fourth-order valence-electron chi connectivity index (χ4n) is 3.15. The highest BCUT2D eigenvalue weighted by Gasteiger charge is 2.15. The van der Waals surface area contributed by atoms with Crippen molar-refractivity contribution in [3.63, 3.8) is 0 Å². The zero-order valence-electron chi connectivity index (χ0n) is 17.7. The van der Waals surface area contributed by atoms with Gasteiger partial charge >= 0.3 is 0 Å². The van der Waals surface area contributed by atoms with Crippen LogP contribution in [0.5, 0.6) is 5.75 Å². The molecule has 8 nitrogen and oxygen atoms in total. The quantitative estimate of drug-likeness (QED) is 0.397. The van der Waals surface area contributed by atoms with E-state index in [0.717, 1.165) is 0 Å². The Morgan fingerprint density at radius 2 is 1.97 bits per heavy atom. The van der Waals surface area contributed by atoms with Crippen molar-refractivity contribution < 1.29 is 13.9 Å². The molecule has 1 amide bonds. The summed E-state index contributed by atoms with van der Waals surface area (Å²) in [7, 11) is 0. The van der Waals surface area contributed by atoms with E-state index in [1.54, 1.807) is 66.9 Å². The molecule has 0 atom stereocenters. The normalized spacial score (nSPS) is 10.6. The van der Waals surface area contributed by atoms with Crippen LogP contribution >= 0.6 is 11.6 Å². The molecule has 4 aromatic rings. The molecule has 2 N–H and O–H groups in total. The van der Waals surface area contributed by atoms with Crippen LogP contribution in [0.15, 0.2) is 82.3 Å². The maximum absolute atomic E-state index is 13.2. The Labute approximate surface area is 194 Å². The molecule has 9 heteroatoms. The number of furan rings is 1. The molecule has 0 aliphatic heterocycles. The van der Waals surface area contributed by atoms with Gasteiger partial charge in [-0.15, -0.1) is 0 Å². The van der Waals surface area contributed by atoms with Crippen LogP contribution in [0.1, 0.15) is 23.0 Å². The summed E-state index contributed by atoms with van der Waals surface area (Å²) < 4.78 is 12.1. The maximum atomic E-state index is 13.2. The molecule has 0 saturated heterocycles. The highest BCUT2D eigenvalue weighted by Crippen LogP contribution is 2.25. The summed E-state index contributed by atoms with van der Waals surface area (Å²) in [5.41, 5.74) is 1.33. The molecule has 0 unspecified atom stereocenters. The molecule has 0 aliphatic rings. The highest BCUT2D eigenvalue weighted by molar-refractivity contribution is 6.30. The molecule has 0 bridgehead atoms. The Balaban J connectivity index is 1.61. The number of carbonyl (C=O) groups excluding carboxylic acids is 1. The number of nitrogens with zero attached hydrogens (tertiary/aromatic N) is 2. The van der Waals surface area contributed by atoms with Gasteiger partial charge in [0.15, 0.2) is 11.4 Å². The van der Waals surface area contributed by atoms with Gasteiger partial charge in [-0.25, -0.2) is 0 Å². The number of carbonyl (C=O) groups is 1. The van der Waals surface area contributed by atoms with Crippen LogP contribution in [0.4, 0.5) is 11.4 Å². The van der Waals surface area contributed by atoms with E-state index >= 15 is 0 Å². The number of halogens is 1. The monoisotopic (exact) mass is 464 g/mol. The minimum atomic E-state index is -0.407. The maximum Gasteiger partial charge on any atom is 0.299 e. The summed E-state index contributed by atoms with van der Waals surface area (Å²) in [6, 6.07) is 17.1. The summed E-state index contributed by atoms with van der Waals surface area (Å²) in [6.45, 7) is 2.45. The third kappa shape index (κ3) is 5.24. The molecule has 2 aromatic heterocycles. The Bertz CT molecular complexity index is 1300. The van der Waals surface area contributed by atoms with Crippen LogP contribution in [-0.2, 0) is 6.54 Å². The first kappa shape index (κ1) is 22.2. The molecule has 0 fully saturated rings. The van der Waals surface area contributed by atoms with E-state index in [0.29, 0.717) is 40.1 Å². The van der Waals surface area contributed by atoms with Gasteiger partial charge < -0.3 is 19.8 Å². The standard InChI is InChI=1S/C24H21ClN4O4/c1-2-32-21-15-27-29(19-10-8-17(25)9-11-19)24(31)22(21)28-18-6-3-5-16(13-18)23(30)26-14-20-7-4-12-33-20/h3-13,15,28H,2,14H2,1H3,(H,26,30). The number of nitrogens with one attached hydrogen (secondary N) is 2. The van der Waals surface area contributed by atoms with E-state index in [4.69, 9.17) is 20.8 Å². The lowest BCUT2D eigenvalue weighted by Crippen LogP contribution is -2.24. The molecule has 2 aromatic carbocycles. The van der Waals surface area contributed by atoms with Crippen molar-refractivity contribution in [2.75, 3.05) is 11.9 Å². The molecule has 2 heterocycles. The number of hydrogen-bond donors (Lipinski definition) is 2. The molecule has 33 heavy (non-hydrogen) atoms. The minimum absolute atomic E-state index is 0.204. The number of ether oxygens (including phenoxy) is 1. The van der Waals surface area contributed by atoms with Gasteiger partial charge in [0.2, 0.25) is 0 Å². The molecule has 0 spiro atoms. The minimum Gasteiger partial charge on any atom is -0.490 e. The fourth-order valence-corrected chi connectivity index (χ4v) is 3.28. The predicted molar refractivity (Wildman–Crippen MR) is 126 cm³/mol. The Hall–Kier alpha value is -4.04. The second kappa shape index (κ2) is 10.1. The largest absolute Gasteiger partial charge is 0.490 e. The van der Waals surface area contributed by atoms with Crippen molar-refractivity contribution in [1.29, 1.82) is 0 Å². The molecular formula is C24H21ClN4O4. The van der Waals surface area contributed by atoms with Gasteiger partial charge in [0.1, 0.15) is 5.76 Å². The van der Waals surface area contributed by atoms with Gasteiger partial charge in [0.05, 0.1) is 31.3 Å². The summed E-state index contributed by atoms with van der Waals surface area (Å²) >= 11 is 5.96. The first-order valence-electron chi connectivity index (χ1n) is 10.2. The van der Waals surface area contributed by atoms with E-state index in [1.165, 1.54) is 10.9 Å². The third-order valence-electron chi connectivity index (χ3n) is 4.71. The number of rotatable bonds is 8. The Morgan fingerprint density at radius 3 is 2.70 bits per heavy atom. The summed E-state index contributed by atoms with van der Waals surface area (Å²) in [5, 5.41) is 10.7. The molecule has 0 radical (unpaired) electrons. The van der Waals surface area contributed by atoms with E-state index in [9.17, 15) is 9.59 Å². The van der Waals surface area contributed by atoms with Crippen molar-refractivity contribution in [1.82, 2.24) is 15.1 Å². The lowest BCUT2D eigenvalue weighted by atomic mass is 10.2. The van der Waals surface area contributed by atoms with Crippen LogP contribution in [-0.4, -0.2) is 22.3 Å². The third-order valence-corrected chi connectivity index (χ3v) is 4.96. The van der Waals surface area contributed by atoms with Gasteiger partial charge in [-0.3, -0.25) is 9.59 Å². The summed E-state index contributed by atoms with van der Waals surface area (Å²) in [6.07, 6.45) is 3.02. The first-order valence-corrected chi connectivity index (χ1v) is 10.6. The average molecular weight is 465 g/mol. The molecule has 0 saturated carbocycles. The van der Waals surface area contributed by atoms with E-state index < -0.39 is 5.56 Å². The van der Waals surface area contributed by atoms with Crippen molar-refractivity contribution >= 4 is 28.9 Å². The zero-order chi connectivity index (χ0) is 23.2. The smallest absolute Gasteiger partial charge is 0.299 e. The van der Waals surface area contributed by atoms with E-state index in [2.05, 4.69) is 15.7 Å². The fraction of sp³-hybridized carbons (Fsp3) is 0.125. The molecule has 168 valence electrons. The van der Waals surface area contributed by atoms with Crippen molar-refractivity contribution in [2.45, 2.75) is 13.5 Å². The lowest BCUT2D eigenvalue weighted by Gasteiger charge is -2.14. The summed E-state index contributed by atoms with van der Waals surface area (Å²) in [4.78, 5) is 25.8. The summed E-state index contributed by atoms with van der Waals surface area (Å²) in [5.74, 6) is 0.687. The van der Waals surface area contributed by atoms with Crippen molar-refractivity contribution in [3.8, 4) is 11.4 Å². The average Bonchev–Trinajstić information content (AvgIpc) is 3.35. The molecule has 0 aliphatic carbocycles.